The van der Waals surface area contributed by atoms with Gasteiger partial charge in [-0.15, -0.1) is 0 Å². The summed E-state index contributed by atoms with van der Waals surface area (Å²) in [6, 6.07) is 17.9. The second-order valence-corrected chi connectivity index (χ2v) is 11.6. The first-order valence-corrected chi connectivity index (χ1v) is 15.0. The van der Waals surface area contributed by atoms with Crippen molar-refractivity contribution in [2.24, 2.45) is 0 Å². The van der Waals surface area contributed by atoms with Gasteiger partial charge in [-0.05, 0) is 0 Å². The standard InChI is InChI=1S/C28H32N2.Au.ClH/c1-18(2)24-11-9-12-25(19(3)4)27(24)26-13-8-10-23-16-29(17-30(23)26)28-21(6)14-20(5)15-22(28)7;;/h8-16,18-19H,1-7H3;;1H/q;+1;/p-1. The van der Waals surface area contributed by atoms with E-state index >= 15 is 0 Å². The number of aryl methyl sites for hydroxylation is 3. The molecule has 4 rings (SSSR count). The SMILES string of the molecule is Cc1cc(C)c(-n2cc3cccc(-c4c(C(C)C)cccc4C(C)C)n3[c]2=[Au][Cl])c(C)c1. The zero-order valence-electron chi connectivity index (χ0n) is 19.9. The third-order valence-corrected chi connectivity index (χ3v) is 8.39. The van der Waals surface area contributed by atoms with Gasteiger partial charge in [0.15, 0.2) is 0 Å². The van der Waals surface area contributed by atoms with E-state index in [1.807, 2.05) is 0 Å². The van der Waals surface area contributed by atoms with Gasteiger partial charge in [0, 0.05) is 0 Å². The Balaban J connectivity index is 2.14. The Morgan fingerprint density at radius 3 is 1.91 bits per heavy atom. The second-order valence-electron chi connectivity index (χ2n) is 9.33. The molecule has 2 aromatic carbocycles. The molecule has 0 saturated carbocycles. The Labute approximate surface area is 204 Å². The molecule has 0 atom stereocenters. The summed E-state index contributed by atoms with van der Waals surface area (Å²) in [7, 11) is 6.76. The summed E-state index contributed by atoms with van der Waals surface area (Å²) >= 11 is -0.567. The van der Waals surface area contributed by atoms with Crippen LogP contribution in [0.5, 0.6) is 0 Å². The van der Waals surface area contributed by atoms with Gasteiger partial charge in [-0.1, -0.05) is 0 Å². The number of hydrogen-bond donors (Lipinski definition) is 0. The number of aromatic nitrogens is 2. The molecule has 0 amide bonds. The van der Waals surface area contributed by atoms with Crippen molar-refractivity contribution in [1.29, 1.82) is 0 Å². The monoisotopic (exact) mass is 628 g/mol. The van der Waals surface area contributed by atoms with Crippen LogP contribution in [0, 0.1) is 24.4 Å². The van der Waals surface area contributed by atoms with Gasteiger partial charge in [-0.2, -0.15) is 0 Å². The molecule has 0 N–H and O–H groups in total. The predicted molar refractivity (Wildman–Crippen MR) is 134 cm³/mol. The Morgan fingerprint density at radius 2 is 1.38 bits per heavy atom. The fourth-order valence-electron chi connectivity index (χ4n) is 4.90. The van der Waals surface area contributed by atoms with Gasteiger partial charge < -0.3 is 0 Å². The molecule has 0 radical (unpaired) electrons. The van der Waals surface area contributed by atoms with Gasteiger partial charge in [0.2, 0.25) is 0 Å². The molecular formula is C28H32AuClN2. The molecule has 0 unspecified atom stereocenters. The third kappa shape index (κ3) is 3.99. The minimum absolute atomic E-state index is 0.441. The number of benzene rings is 2. The number of hydrogen-bond acceptors (Lipinski definition) is 0. The molecular weight excluding hydrogens is 597 g/mol. The topological polar surface area (TPSA) is 9.34 Å². The third-order valence-electron chi connectivity index (χ3n) is 6.19. The van der Waals surface area contributed by atoms with Crippen LogP contribution >= 0.6 is 9.19 Å². The maximum absolute atomic E-state index is 6.76. The van der Waals surface area contributed by atoms with E-state index in [0.717, 1.165) is 0 Å². The first-order chi connectivity index (χ1) is 15.2. The summed E-state index contributed by atoms with van der Waals surface area (Å²) in [5, 5.41) is 0. The van der Waals surface area contributed by atoms with Crippen LogP contribution in [0.3, 0.4) is 0 Å². The van der Waals surface area contributed by atoms with Gasteiger partial charge >= 0.3 is 205 Å². The Morgan fingerprint density at radius 1 is 0.812 bits per heavy atom. The molecule has 32 heavy (non-hydrogen) atoms. The zero-order valence-corrected chi connectivity index (χ0v) is 22.8. The first-order valence-electron chi connectivity index (χ1n) is 11.2. The van der Waals surface area contributed by atoms with E-state index in [9.17, 15) is 0 Å². The number of nitrogens with zero attached hydrogens (tertiary/aromatic N) is 2. The van der Waals surface area contributed by atoms with Crippen molar-refractivity contribution >= 4 is 14.7 Å². The molecule has 0 fully saturated rings. The molecule has 0 saturated heterocycles. The first kappa shape index (κ1) is 23.3. The summed E-state index contributed by atoms with van der Waals surface area (Å²) in [6.07, 6.45) is 2.26. The van der Waals surface area contributed by atoms with Gasteiger partial charge in [0.05, 0.1) is 0 Å². The Bertz CT molecular complexity index is 1320. The molecule has 0 bridgehead atoms. The van der Waals surface area contributed by atoms with Crippen LogP contribution in [0.4, 0.5) is 0 Å². The van der Waals surface area contributed by atoms with E-state index in [0.29, 0.717) is 11.8 Å². The molecule has 0 spiro atoms. The summed E-state index contributed by atoms with van der Waals surface area (Å²) in [6.45, 7) is 15.7. The van der Waals surface area contributed by atoms with Crippen molar-refractivity contribution in [3.63, 3.8) is 0 Å². The zero-order chi connectivity index (χ0) is 23.2. The van der Waals surface area contributed by atoms with E-state index in [-0.39, 0.29) is 0 Å². The van der Waals surface area contributed by atoms with Crippen molar-refractivity contribution in [3.05, 3.63) is 86.2 Å². The molecule has 4 heteroatoms. The number of rotatable bonds is 4. The number of pyridine rings is 1. The predicted octanol–water partition coefficient (Wildman–Crippen LogP) is 8.34. The molecule has 0 aliphatic heterocycles. The normalized spacial score (nSPS) is 13.0. The van der Waals surface area contributed by atoms with Gasteiger partial charge in [-0.3, -0.25) is 0 Å². The fraction of sp³-hybridized carbons (Fsp3) is 0.321. The Kier molecular flexibility index (Phi) is 6.70. The van der Waals surface area contributed by atoms with Crippen molar-refractivity contribution in [1.82, 2.24) is 8.97 Å². The van der Waals surface area contributed by atoms with Crippen LogP contribution < -0.4 is 0 Å². The fourth-order valence-corrected chi connectivity index (χ4v) is 7.07. The van der Waals surface area contributed by atoms with E-state index in [1.165, 1.54) is 53.9 Å². The van der Waals surface area contributed by atoms with Crippen LogP contribution in [0.1, 0.15) is 67.3 Å². The van der Waals surface area contributed by atoms with Crippen LogP contribution in [-0.2, 0) is 18.2 Å². The van der Waals surface area contributed by atoms with E-state index in [1.54, 1.807) is 0 Å². The number of imidazole rings is 1. The minimum atomic E-state index is -0.567. The quantitative estimate of drug-likeness (QED) is 0.201. The van der Waals surface area contributed by atoms with E-state index in [2.05, 4.69) is 112 Å². The van der Waals surface area contributed by atoms with Crippen LogP contribution in [-0.4, -0.2) is 8.97 Å². The maximum atomic E-state index is 6.76. The molecule has 2 nitrogen and oxygen atoms in total. The molecule has 2 heterocycles. The van der Waals surface area contributed by atoms with E-state index in [4.69, 9.17) is 9.19 Å². The average Bonchev–Trinajstić information content (AvgIpc) is 3.10. The number of fused-ring (bicyclic) bond motifs is 1. The molecule has 0 aliphatic carbocycles. The van der Waals surface area contributed by atoms with Crippen molar-refractivity contribution in [2.45, 2.75) is 60.3 Å². The van der Waals surface area contributed by atoms with Crippen LogP contribution in [0.2, 0.25) is 0 Å². The molecule has 4 aromatic rings. The summed E-state index contributed by atoms with van der Waals surface area (Å²) in [5.41, 5.74) is 11.7. The molecule has 2 aromatic heterocycles. The van der Waals surface area contributed by atoms with Gasteiger partial charge in [-0.25, -0.2) is 0 Å². The number of halogens is 1. The summed E-state index contributed by atoms with van der Waals surface area (Å²) < 4.78 is 5.92. The van der Waals surface area contributed by atoms with Crippen molar-refractivity contribution < 1.29 is 18.2 Å². The molecule has 172 valence electrons. The second kappa shape index (κ2) is 9.19. The van der Waals surface area contributed by atoms with Crippen molar-refractivity contribution in [2.75, 3.05) is 0 Å². The van der Waals surface area contributed by atoms with Crippen molar-refractivity contribution in [3.8, 4) is 16.9 Å². The average molecular weight is 629 g/mol. The summed E-state index contributed by atoms with van der Waals surface area (Å²) in [5.74, 6) is 0.882. The van der Waals surface area contributed by atoms with Gasteiger partial charge in [0.25, 0.3) is 0 Å². The van der Waals surface area contributed by atoms with Crippen LogP contribution in [0.15, 0.2) is 54.7 Å². The Hall–Kier alpha value is -1.84. The van der Waals surface area contributed by atoms with Crippen LogP contribution in [0.25, 0.3) is 22.5 Å². The van der Waals surface area contributed by atoms with Gasteiger partial charge in [0.1, 0.15) is 0 Å². The summed E-state index contributed by atoms with van der Waals surface area (Å²) in [4.78, 5) is 0. The van der Waals surface area contributed by atoms with E-state index < -0.39 is 18.2 Å². The molecule has 0 aliphatic rings.